The Balaban J connectivity index is 2.35. The Hall–Kier alpha value is -1.04. The summed E-state index contributed by atoms with van der Waals surface area (Å²) in [6.45, 7) is 0. The summed E-state index contributed by atoms with van der Waals surface area (Å²) in [4.78, 5) is 0. The molecule has 0 saturated carbocycles. The Labute approximate surface area is 89.5 Å². The first-order valence-electron chi connectivity index (χ1n) is 4.76. The summed E-state index contributed by atoms with van der Waals surface area (Å²) >= 11 is 0.671. The molecule has 1 aromatic rings. The van der Waals surface area contributed by atoms with Crippen LogP contribution in [0.5, 0.6) is 0 Å². The number of fused-ring (bicyclic) bond motifs is 2. The summed E-state index contributed by atoms with van der Waals surface area (Å²) in [5.41, 5.74) is 1.45. The normalized spacial score (nSPS) is 18.0. The Bertz CT molecular complexity index is 547. The summed E-state index contributed by atoms with van der Waals surface area (Å²) < 4.78 is 1.55. The van der Waals surface area contributed by atoms with Gasteiger partial charge in [0.1, 0.15) is 0 Å². The minimum atomic E-state index is 0.671. The van der Waals surface area contributed by atoms with Crippen molar-refractivity contribution in [1.82, 2.24) is 0 Å². The maximum absolute atomic E-state index is 2.36. The quantitative estimate of drug-likeness (QED) is 0.603. The van der Waals surface area contributed by atoms with Gasteiger partial charge in [0.25, 0.3) is 0 Å². The van der Waals surface area contributed by atoms with Crippen LogP contribution in [0.4, 0.5) is 0 Å². The zero-order valence-corrected chi connectivity index (χ0v) is 9.45. The van der Waals surface area contributed by atoms with E-state index in [-0.39, 0.29) is 0 Å². The number of rotatable bonds is 0. The molecule has 1 heterocycles. The summed E-state index contributed by atoms with van der Waals surface area (Å²) in [5, 5.41) is 3.95. The molecule has 0 N–H and O–H groups in total. The summed E-state index contributed by atoms with van der Waals surface area (Å²) in [5.74, 6) is 0. The number of allylic oxidation sites excluding steroid dienone is 4. The molecule has 14 heavy (non-hydrogen) atoms. The Morgan fingerprint density at radius 1 is 1.00 bits per heavy atom. The fraction of sp³-hybridized carbons (Fsp3) is 0.0769. The zero-order valence-electron chi connectivity index (χ0n) is 7.73. The van der Waals surface area contributed by atoms with E-state index in [1.54, 1.807) is 4.47 Å². The van der Waals surface area contributed by atoms with Gasteiger partial charge in [0.2, 0.25) is 0 Å². The molecule has 68 valence electrons. The fourth-order valence-corrected chi connectivity index (χ4v) is 3.73. The first-order valence-corrected chi connectivity index (χ1v) is 6.82. The van der Waals surface area contributed by atoms with Crippen LogP contribution in [0.2, 0.25) is 5.32 Å². The van der Waals surface area contributed by atoms with E-state index in [9.17, 15) is 0 Å². The van der Waals surface area contributed by atoms with Crippen molar-refractivity contribution in [2.45, 2.75) is 5.32 Å². The molecule has 1 heteroatoms. The van der Waals surface area contributed by atoms with Crippen molar-refractivity contribution >= 4 is 27.1 Å². The zero-order chi connectivity index (χ0) is 9.38. The van der Waals surface area contributed by atoms with Gasteiger partial charge in [0.15, 0.2) is 0 Å². The second kappa shape index (κ2) is 3.27. The Morgan fingerprint density at radius 3 is 2.79 bits per heavy atom. The van der Waals surface area contributed by atoms with Crippen molar-refractivity contribution in [2.75, 3.05) is 0 Å². The van der Waals surface area contributed by atoms with Crippen LogP contribution in [0.1, 0.15) is 0 Å². The molecule has 0 fully saturated rings. The van der Waals surface area contributed by atoms with Gasteiger partial charge < -0.3 is 0 Å². The van der Waals surface area contributed by atoms with Crippen LogP contribution < -0.4 is 10.4 Å². The predicted octanol–water partition coefficient (Wildman–Crippen LogP) is 1.21. The van der Waals surface area contributed by atoms with Crippen molar-refractivity contribution < 1.29 is 0 Å². The Kier molecular flexibility index (Phi) is 1.93. The third-order valence-corrected chi connectivity index (χ3v) is 4.68. The SMILES string of the molecule is C1=C2C=c3ccccc3=CC=C2[Se]C1. The maximum atomic E-state index is 2.36. The van der Waals surface area contributed by atoms with Crippen molar-refractivity contribution in [3.8, 4) is 0 Å². The van der Waals surface area contributed by atoms with E-state index in [1.165, 1.54) is 21.3 Å². The average molecular weight is 245 g/mol. The van der Waals surface area contributed by atoms with Crippen LogP contribution in [0.25, 0.3) is 12.2 Å². The number of benzene rings is 1. The van der Waals surface area contributed by atoms with E-state index in [2.05, 4.69) is 48.6 Å². The molecule has 0 spiro atoms. The van der Waals surface area contributed by atoms with Crippen LogP contribution in [0.3, 0.4) is 0 Å². The van der Waals surface area contributed by atoms with Gasteiger partial charge >= 0.3 is 89.3 Å². The molecule has 1 aliphatic heterocycles. The molecular formula is C13H10Se. The van der Waals surface area contributed by atoms with Gasteiger partial charge in [-0.05, 0) is 0 Å². The van der Waals surface area contributed by atoms with E-state index in [4.69, 9.17) is 0 Å². The van der Waals surface area contributed by atoms with E-state index in [0.29, 0.717) is 15.0 Å². The monoisotopic (exact) mass is 246 g/mol. The molecule has 0 amide bonds. The van der Waals surface area contributed by atoms with Crippen molar-refractivity contribution in [3.05, 3.63) is 56.9 Å². The van der Waals surface area contributed by atoms with Crippen molar-refractivity contribution in [1.29, 1.82) is 0 Å². The van der Waals surface area contributed by atoms with Crippen LogP contribution in [-0.4, -0.2) is 15.0 Å². The first kappa shape index (κ1) is 8.28. The molecule has 1 aromatic carbocycles. The van der Waals surface area contributed by atoms with E-state index in [0.717, 1.165) is 0 Å². The molecule has 1 aliphatic carbocycles. The van der Waals surface area contributed by atoms with E-state index >= 15 is 0 Å². The van der Waals surface area contributed by atoms with Gasteiger partial charge in [-0.2, -0.15) is 0 Å². The molecule has 2 aliphatic rings. The minimum absolute atomic E-state index is 0.671. The van der Waals surface area contributed by atoms with Crippen LogP contribution in [-0.2, 0) is 0 Å². The Morgan fingerprint density at radius 2 is 1.86 bits per heavy atom. The standard InChI is InChI=1S/C13H10Se/c1-2-4-11-9-12-7-8-14-13(12)6-5-10(11)3-1/h1-7,9H,8H2. The molecule has 0 saturated heterocycles. The molecule has 0 atom stereocenters. The van der Waals surface area contributed by atoms with Crippen molar-refractivity contribution in [2.24, 2.45) is 0 Å². The van der Waals surface area contributed by atoms with Gasteiger partial charge in [-0.15, -0.1) is 0 Å². The average Bonchev–Trinajstić information content (AvgIpc) is 2.58. The van der Waals surface area contributed by atoms with Crippen LogP contribution in [0, 0.1) is 0 Å². The third-order valence-electron chi connectivity index (χ3n) is 2.55. The van der Waals surface area contributed by atoms with Crippen molar-refractivity contribution in [3.63, 3.8) is 0 Å². The third kappa shape index (κ3) is 1.30. The predicted molar refractivity (Wildman–Crippen MR) is 61.3 cm³/mol. The first-order chi connectivity index (χ1) is 6.93. The van der Waals surface area contributed by atoms with Crippen LogP contribution >= 0.6 is 0 Å². The summed E-state index contributed by atoms with van der Waals surface area (Å²) in [7, 11) is 0. The molecule has 0 unspecified atom stereocenters. The molecule has 0 nitrogen and oxygen atoms in total. The second-order valence-corrected chi connectivity index (χ2v) is 5.67. The molecule has 0 aromatic heterocycles. The summed E-state index contributed by atoms with van der Waals surface area (Å²) in [6.07, 6.45) is 9.22. The van der Waals surface area contributed by atoms with Gasteiger partial charge in [0.05, 0.1) is 0 Å². The number of hydrogen-bond donors (Lipinski definition) is 0. The topological polar surface area (TPSA) is 0 Å². The van der Waals surface area contributed by atoms with Crippen LogP contribution in [0.15, 0.2) is 46.5 Å². The fourth-order valence-electron chi connectivity index (χ4n) is 1.81. The molecule has 0 bridgehead atoms. The number of hydrogen-bond acceptors (Lipinski definition) is 0. The van der Waals surface area contributed by atoms with Gasteiger partial charge in [-0.25, -0.2) is 0 Å². The van der Waals surface area contributed by atoms with E-state index < -0.39 is 0 Å². The second-order valence-electron chi connectivity index (χ2n) is 3.44. The van der Waals surface area contributed by atoms with E-state index in [1.807, 2.05) is 0 Å². The van der Waals surface area contributed by atoms with Gasteiger partial charge in [0, 0.05) is 0 Å². The summed E-state index contributed by atoms with van der Waals surface area (Å²) in [6, 6.07) is 8.57. The molecule has 0 radical (unpaired) electrons. The molecular weight excluding hydrogens is 235 g/mol. The molecule has 3 rings (SSSR count). The van der Waals surface area contributed by atoms with Gasteiger partial charge in [-0.3, -0.25) is 0 Å². The van der Waals surface area contributed by atoms with Gasteiger partial charge in [-0.1, -0.05) is 0 Å².